The standard InChI is InChI=1S/C31H38N4O5S/c32-41(38,39)28-12-9-24(10-13-28)15-17-34-30(36)20-26-11-14-29-27(19-26)22-35(21-25-7-3-1-4-8-25)23-31(37)33-16-5-2-6-18-40-29/h1,3-4,7-14,19H,2,5-6,15-18,20-23H2,(H,33,37)(H,34,36)(H2,32,38,39). The number of hydrogen-bond donors (Lipinski definition) is 3. The minimum absolute atomic E-state index is 0.00234. The number of fused-ring (bicyclic) bond motifs is 1. The Hall–Kier alpha value is -3.73. The summed E-state index contributed by atoms with van der Waals surface area (Å²) in [7, 11) is -3.73. The van der Waals surface area contributed by atoms with Crippen molar-refractivity contribution in [1.82, 2.24) is 15.5 Å². The van der Waals surface area contributed by atoms with Crippen LogP contribution in [-0.4, -0.2) is 51.4 Å². The van der Waals surface area contributed by atoms with Crippen LogP contribution in [0.2, 0.25) is 0 Å². The second kappa shape index (κ2) is 14.8. The summed E-state index contributed by atoms with van der Waals surface area (Å²) in [6, 6.07) is 22.2. The van der Waals surface area contributed by atoms with Gasteiger partial charge >= 0.3 is 0 Å². The van der Waals surface area contributed by atoms with Crippen LogP contribution in [0, 0.1) is 0 Å². The van der Waals surface area contributed by atoms with Gasteiger partial charge in [0.15, 0.2) is 0 Å². The highest BCUT2D eigenvalue weighted by Gasteiger charge is 2.17. The monoisotopic (exact) mass is 578 g/mol. The Labute approximate surface area is 242 Å². The molecule has 0 aliphatic carbocycles. The predicted octanol–water partition coefficient (Wildman–Crippen LogP) is 2.92. The Bertz CT molecular complexity index is 1410. The molecule has 4 rings (SSSR count). The van der Waals surface area contributed by atoms with Crippen LogP contribution in [-0.2, 0) is 45.5 Å². The number of nitrogens with zero attached hydrogens (tertiary/aromatic N) is 1. The van der Waals surface area contributed by atoms with Gasteiger partial charge in [-0.05, 0) is 60.6 Å². The van der Waals surface area contributed by atoms with Crippen molar-refractivity contribution in [3.05, 3.63) is 95.1 Å². The van der Waals surface area contributed by atoms with E-state index in [4.69, 9.17) is 9.88 Å². The summed E-state index contributed by atoms with van der Waals surface area (Å²) in [6.07, 6.45) is 3.55. The molecular formula is C31H38N4O5S. The Balaban J connectivity index is 1.42. The van der Waals surface area contributed by atoms with Gasteiger partial charge in [0, 0.05) is 31.7 Å². The first kappa shape index (κ1) is 30.2. The summed E-state index contributed by atoms with van der Waals surface area (Å²) in [5.41, 5.74) is 3.80. The average molecular weight is 579 g/mol. The Morgan fingerprint density at radius 2 is 1.68 bits per heavy atom. The molecular weight excluding hydrogens is 540 g/mol. The first-order chi connectivity index (χ1) is 19.8. The molecule has 4 N–H and O–H groups in total. The third-order valence-corrected chi connectivity index (χ3v) is 7.82. The fraction of sp³-hybridized carbons (Fsp3) is 0.355. The summed E-state index contributed by atoms with van der Waals surface area (Å²) in [6.45, 7) is 3.04. The van der Waals surface area contributed by atoms with Gasteiger partial charge in [0.2, 0.25) is 21.8 Å². The third kappa shape index (κ3) is 10.00. The number of nitrogens with two attached hydrogens (primary N) is 1. The molecule has 0 saturated heterocycles. The van der Waals surface area contributed by atoms with E-state index in [9.17, 15) is 18.0 Å². The van der Waals surface area contributed by atoms with E-state index in [1.54, 1.807) is 12.1 Å². The SMILES string of the molecule is NS(=O)(=O)c1ccc(CCNC(=O)Cc2ccc3c(c2)CN(Cc2ccccc2)CC(=O)NCCCCCO3)cc1. The molecule has 10 heteroatoms. The largest absolute Gasteiger partial charge is 0.493 e. The molecule has 0 unspecified atom stereocenters. The lowest BCUT2D eigenvalue weighted by molar-refractivity contribution is -0.122. The summed E-state index contributed by atoms with van der Waals surface area (Å²) in [5, 5.41) is 11.1. The van der Waals surface area contributed by atoms with E-state index in [-0.39, 0.29) is 29.7 Å². The van der Waals surface area contributed by atoms with Gasteiger partial charge in [-0.1, -0.05) is 54.6 Å². The van der Waals surface area contributed by atoms with Crippen LogP contribution in [0.1, 0.15) is 41.5 Å². The maximum atomic E-state index is 12.7. The number of carbonyl (C=O) groups excluding carboxylic acids is 2. The number of amides is 2. The van der Waals surface area contributed by atoms with Crippen LogP contribution < -0.4 is 20.5 Å². The first-order valence-corrected chi connectivity index (χ1v) is 15.5. The van der Waals surface area contributed by atoms with Crippen LogP contribution in [0.5, 0.6) is 5.75 Å². The van der Waals surface area contributed by atoms with Gasteiger partial charge in [-0.15, -0.1) is 0 Å². The number of carbonyl (C=O) groups is 2. The van der Waals surface area contributed by atoms with Gasteiger partial charge in [-0.25, -0.2) is 13.6 Å². The molecule has 1 aliphatic heterocycles. The second-order valence-electron chi connectivity index (χ2n) is 10.3. The minimum Gasteiger partial charge on any atom is -0.493 e. The lowest BCUT2D eigenvalue weighted by Gasteiger charge is -2.23. The Morgan fingerprint density at radius 1 is 0.927 bits per heavy atom. The minimum atomic E-state index is -3.73. The summed E-state index contributed by atoms with van der Waals surface area (Å²) in [5.74, 6) is 0.657. The highest BCUT2D eigenvalue weighted by molar-refractivity contribution is 7.89. The third-order valence-electron chi connectivity index (χ3n) is 6.89. The number of rotatable bonds is 8. The van der Waals surface area contributed by atoms with E-state index in [2.05, 4.69) is 15.5 Å². The van der Waals surface area contributed by atoms with Crippen LogP contribution >= 0.6 is 0 Å². The molecule has 218 valence electrons. The number of sulfonamides is 1. The molecule has 0 saturated carbocycles. The quantitative estimate of drug-likeness (QED) is 0.377. The molecule has 3 aromatic carbocycles. The number of ether oxygens (including phenoxy) is 1. The molecule has 9 nitrogen and oxygen atoms in total. The number of primary sulfonamides is 1. The number of benzene rings is 3. The molecule has 2 amide bonds. The Kier molecular flexibility index (Phi) is 10.9. The van der Waals surface area contributed by atoms with E-state index in [0.717, 1.165) is 47.3 Å². The maximum absolute atomic E-state index is 12.7. The van der Waals surface area contributed by atoms with E-state index in [0.29, 0.717) is 39.2 Å². The zero-order valence-electron chi connectivity index (χ0n) is 23.2. The van der Waals surface area contributed by atoms with E-state index in [1.165, 1.54) is 12.1 Å². The van der Waals surface area contributed by atoms with Crippen molar-refractivity contribution in [2.75, 3.05) is 26.2 Å². The molecule has 1 heterocycles. The van der Waals surface area contributed by atoms with E-state index in [1.807, 2.05) is 48.5 Å². The zero-order chi connectivity index (χ0) is 29.1. The van der Waals surface area contributed by atoms with Gasteiger partial charge in [-0.2, -0.15) is 0 Å². The smallest absolute Gasteiger partial charge is 0.238 e. The van der Waals surface area contributed by atoms with Gasteiger partial charge in [0.1, 0.15) is 5.75 Å². The summed E-state index contributed by atoms with van der Waals surface area (Å²) < 4.78 is 29.0. The molecule has 0 aromatic heterocycles. The lowest BCUT2D eigenvalue weighted by Crippen LogP contribution is -2.37. The predicted molar refractivity (Wildman–Crippen MR) is 158 cm³/mol. The fourth-order valence-corrected chi connectivity index (χ4v) is 5.29. The highest BCUT2D eigenvalue weighted by atomic mass is 32.2. The highest BCUT2D eigenvalue weighted by Crippen LogP contribution is 2.24. The van der Waals surface area contributed by atoms with Crippen molar-refractivity contribution in [3.8, 4) is 5.75 Å². The van der Waals surface area contributed by atoms with Crippen molar-refractivity contribution in [1.29, 1.82) is 0 Å². The van der Waals surface area contributed by atoms with Crippen molar-refractivity contribution < 1.29 is 22.7 Å². The molecule has 0 bridgehead atoms. The molecule has 41 heavy (non-hydrogen) atoms. The number of nitrogens with one attached hydrogen (secondary N) is 2. The average Bonchev–Trinajstić information content (AvgIpc) is 2.95. The zero-order valence-corrected chi connectivity index (χ0v) is 24.0. The van der Waals surface area contributed by atoms with Gasteiger partial charge < -0.3 is 15.4 Å². The van der Waals surface area contributed by atoms with Crippen LogP contribution in [0.15, 0.2) is 77.7 Å². The molecule has 0 spiro atoms. The molecule has 0 atom stereocenters. The molecule has 3 aromatic rings. The molecule has 0 radical (unpaired) electrons. The van der Waals surface area contributed by atoms with E-state index >= 15 is 0 Å². The van der Waals surface area contributed by atoms with Crippen molar-refractivity contribution in [2.45, 2.75) is 50.1 Å². The second-order valence-corrected chi connectivity index (χ2v) is 11.9. The molecule has 1 aliphatic rings. The fourth-order valence-electron chi connectivity index (χ4n) is 4.77. The van der Waals surface area contributed by atoms with E-state index < -0.39 is 10.0 Å². The van der Waals surface area contributed by atoms with Gasteiger partial charge in [-0.3, -0.25) is 14.5 Å². The van der Waals surface area contributed by atoms with Gasteiger partial charge in [0.25, 0.3) is 0 Å². The molecule has 0 fully saturated rings. The Morgan fingerprint density at radius 3 is 2.44 bits per heavy atom. The van der Waals surface area contributed by atoms with Crippen molar-refractivity contribution in [2.24, 2.45) is 5.14 Å². The first-order valence-electron chi connectivity index (χ1n) is 13.9. The number of hydrogen-bond acceptors (Lipinski definition) is 6. The topological polar surface area (TPSA) is 131 Å². The maximum Gasteiger partial charge on any atom is 0.238 e. The summed E-state index contributed by atoms with van der Waals surface area (Å²) >= 11 is 0. The normalized spacial score (nSPS) is 15.3. The van der Waals surface area contributed by atoms with Crippen LogP contribution in [0.4, 0.5) is 0 Å². The lowest BCUT2D eigenvalue weighted by atomic mass is 10.1. The van der Waals surface area contributed by atoms with Crippen molar-refractivity contribution in [3.63, 3.8) is 0 Å². The van der Waals surface area contributed by atoms with Crippen LogP contribution in [0.3, 0.4) is 0 Å². The van der Waals surface area contributed by atoms with Crippen molar-refractivity contribution >= 4 is 21.8 Å². The van der Waals surface area contributed by atoms with Crippen LogP contribution in [0.25, 0.3) is 0 Å². The summed E-state index contributed by atoms with van der Waals surface area (Å²) in [4.78, 5) is 27.6. The van der Waals surface area contributed by atoms with Gasteiger partial charge in [0.05, 0.1) is 24.5 Å².